The number of hydrogen-bond donors (Lipinski definition) is 1. The van der Waals surface area contributed by atoms with E-state index in [-0.39, 0.29) is 0 Å². The van der Waals surface area contributed by atoms with Gasteiger partial charge in [-0.1, -0.05) is 31.2 Å². The highest BCUT2D eigenvalue weighted by Crippen LogP contribution is 2.29. The van der Waals surface area contributed by atoms with Crippen LogP contribution in [-0.4, -0.2) is 42.7 Å². The number of fused-ring (bicyclic) bond motifs is 1. The number of benzene rings is 2. The van der Waals surface area contributed by atoms with Gasteiger partial charge in [0.05, 0.1) is 19.2 Å². The highest BCUT2D eigenvalue weighted by molar-refractivity contribution is 5.80. The van der Waals surface area contributed by atoms with Crippen LogP contribution in [0.5, 0.6) is 11.5 Å². The number of likely N-dealkylation sites (tertiary alicyclic amines) is 1. The molecule has 4 rings (SSSR count). The number of rotatable bonds is 8. The Balaban J connectivity index is 1.32. The Morgan fingerprint density at radius 2 is 1.87 bits per heavy atom. The van der Waals surface area contributed by atoms with Crippen molar-refractivity contribution >= 4 is 16.7 Å². The third-order valence-corrected chi connectivity index (χ3v) is 5.63. The van der Waals surface area contributed by atoms with E-state index in [4.69, 9.17) is 14.5 Å². The first-order chi connectivity index (χ1) is 14.7. The van der Waals surface area contributed by atoms with Crippen LogP contribution >= 0.6 is 0 Å². The van der Waals surface area contributed by atoms with Crippen LogP contribution in [-0.2, 0) is 6.54 Å². The zero-order valence-electron chi connectivity index (χ0n) is 17.9. The Hall–Kier alpha value is -2.79. The molecular formula is C25H31N3O2. The molecule has 1 N–H and O–H groups in total. The summed E-state index contributed by atoms with van der Waals surface area (Å²) in [5, 5.41) is 4.81. The van der Waals surface area contributed by atoms with E-state index in [1.54, 1.807) is 7.11 Å². The normalized spacial score (nSPS) is 15.3. The van der Waals surface area contributed by atoms with Gasteiger partial charge in [-0.15, -0.1) is 0 Å². The molecule has 0 amide bonds. The molecule has 0 unspecified atom stereocenters. The van der Waals surface area contributed by atoms with Crippen LogP contribution in [0.1, 0.15) is 31.7 Å². The first kappa shape index (κ1) is 20.5. The molecule has 2 aromatic carbocycles. The first-order valence-corrected chi connectivity index (χ1v) is 10.9. The summed E-state index contributed by atoms with van der Waals surface area (Å²) in [5.41, 5.74) is 2.31. The van der Waals surface area contributed by atoms with Crippen molar-refractivity contribution in [1.29, 1.82) is 0 Å². The summed E-state index contributed by atoms with van der Waals surface area (Å²) in [7, 11) is 1.69. The lowest BCUT2D eigenvalue weighted by Crippen LogP contribution is -2.38. The number of piperidine rings is 1. The highest BCUT2D eigenvalue weighted by Gasteiger charge is 2.20. The van der Waals surface area contributed by atoms with Crippen LogP contribution < -0.4 is 14.8 Å². The van der Waals surface area contributed by atoms with Gasteiger partial charge in [-0.05, 0) is 55.2 Å². The molecule has 2 heterocycles. The smallest absolute Gasteiger partial charge is 0.161 e. The Kier molecular flexibility index (Phi) is 6.70. The molecule has 1 aromatic heterocycles. The molecule has 1 saturated heterocycles. The Morgan fingerprint density at radius 1 is 1.03 bits per heavy atom. The molecule has 0 radical (unpaired) electrons. The van der Waals surface area contributed by atoms with Gasteiger partial charge in [-0.3, -0.25) is 4.90 Å². The number of ether oxygens (including phenoxy) is 2. The van der Waals surface area contributed by atoms with Crippen molar-refractivity contribution < 1.29 is 9.47 Å². The van der Waals surface area contributed by atoms with E-state index in [1.807, 2.05) is 12.1 Å². The summed E-state index contributed by atoms with van der Waals surface area (Å²) < 4.78 is 11.3. The monoisotopic (exact) mass is 405 g/mol. The number of nitrogens with zero attached hydrogens (tertiary/aromatic N) is 2. The lowest BCUT2D eigenvalue weighted by Gasteiger charge is -2.32. The van der Waals surface area contributed by atoms with Crippen LogP contribution in [0.25, 0.3) is 10.9 Å². The van der Waals surface area contributed by atoms with E-state index in [0.29, 0.717) is 12.6 Å². The minimum Gasteiger partial charge on any atom is -0.493 e. The molecule has 0 spiro atoms. The number of hydrogen-bond acceptors (Lipinski definition) is 5. The van der Waals surface area contributed by atoms with E-state index in [2.05, 4.69) is 59.6 Å². The van der Waals surface area contributed by atoms with Crippen molar-refractivity contribution in [1.82, 2.24) is 9.88 Å². The van der Waals surface area contributed by atoms with Crippen molar-refractivity contribution in [2.45, 2.75) is 38.8 Å². The fourth-order valence-electron chi connectivity index (χ4n) is 3.99. The van der Waals surface area contributed by atoms with Gasteiger partial charge in [0.15, 0.2) is 11.5 Å². The third-order valence-electron chi connectivity index (χ3n) is 5.63. The predicted octanol–water partition coefficient (Wildman–Crippen LogP) is 5.11. The number of nitrogens with one attached hydrogen (secondary N) is 1. The molecule has 1 aliphatic rings. The Bertz CT molecular complexity index is 968. The molecule has 0 atom stereocenters. The van der Waals surface area contributed by atoms with E-state index in [9.17, 15) is 0 Å². The fourth-order valence-corrected chi connectivity index (χ4v) is 3.99. The Labute approximate surface area is 179 Å². The van der Waals surface area contributed by atoms with Gasteiger partial charge in [0.25, 0.3) is 0 Å². The zero-order chi connectivity index (χ0) is 20.8. The second-order valence-electron chi connectivity index (χ2n) is 7.92. The maximum absolute atomic E-state index is 5.86. The molecular weight excluding hydrogens is 374 g/mol. The second kappa shape index (κ2) is 9.81. The van der Waals surface area contributed by atoms with Gasteiger partial charge in [-0.25, -0.2) is 4.98 Å². The molecule has 5 nitrogen and oxygen atoms in total. The van der Waals surface area contributed by atoms with E-state index >= 15 is 0 Å². The summed E-state index contributed by atoms with van der Waals surface area (Å²) in [6, 6.07) is 19.2. The van der Waals surface area contributed by atoms with Gasteiger partial charge in [-0.2, -0.15) is 0 Å². The van der Waals surface area contributed by atoms with Crippen molar-refractivity contribution in [3.8, 4) is 11.5 Å². The average Bonchev–Trinajstić information content (AvgIpc) is 2.79. The standard InChI is InChI=1S/C25H31N3O2/c1-3-16-30-24-17-19(8-10-23(24)29-2)18-28-14-12-21(13-15-28)26-25-11-9-20-6-4-5-7-22(20)27-25/h4-11,17,21H,3,12-16,18H2,1-2H3,(H,26,27). The van der Waals surface area contributed by atoms with Crippen LogP contribution in [0, 0.1) is 0 Å². The van der Waals surface area contributed by atoms with Crippen LogP contribution in [0.3, 0.4) is 0 Å². The van der Waals surface area contributed by atoms with Gasteiger partial charge >= 0.3 is 0 Å². The summed E-state index contributed by atoms with van der Waals surface area (Å²) in [4.78, 5) is 7.27. The van der Waals surface area contributed by atoms with Gasteiger partial charge in [0, 0.05) is 31.1 Å². The molecule has 1 fully saturated rings. The lowest BCUT2D eigenvalue weighted by molar-refractivity contribution is 0.210. The maximum atomic E-state index is 5.86. The van der Waals surface area contributed by atoms with Gasteiger partial charge < -0.3 is 14.8 Å². The average molecular weight is 406 g/mol. The van der Waals surface area contributed by atoms with Gasteiger partial charge in [0.1, 0.15) is 5.82 Å². The summed E-state index contributed by atoms with van der Waals surface area (Å²) in [5.74, 6) is 2.62. The first-order valence-electron chi connectivity index (χ1n) is 10.9. The second-order valence-corrected chi connectivity index (χ2v) is 7.92. The Morgan fingerprint density at radius 3 is 2.67 bits per heavy atom. The molecule has 0 saturated carbocycles. The highest BCUT2D eigenvalue weighted by atomic mass is 16.5. The maximum Gasteiger partial charge on any atom is 0.161 e. The van der Waals surface area contributed by atoms with Crippen LogP contribution in [0.4, 0.5) is 5.82 Å². The van der Waals surface area contributed by atoms with E-state index in [0.717, 1.165) is 61.7 Å². The van der Waals surface area contributed by atoms with Crippen LogP contribution in [0.2, 0.25) is 0 Å². The minimum absolute atomic E-state index is 0.467. The lowest BCUT2D eigenvalue weighted by atomic mass is 10.0. The van der Waals surface area contributed by atoms with Crippen LogP contribution in [0.15, 0.2) is 54.6 Å². The molecule has 5 heteroatoms. The number of anilines is 1. The minimum atomic E-state index is 0.467. The zero-order valence-corrected chi connectivity index (χ0v) is 17.9. The molecule has 0 aliphatic carbocycles. The largest absolute Gasteiger partial charge is 0.493 e. The summed E-state index contributed by atoms with van der Waals surface area (Å²) in [6.07, 6.45) is 3.22. The van der Waals surface area contributed by atoms with Crippen molar-refractivity contribution in [2.24, 2.45) is 0 Å². The van der Waals surface area contributed by atoms with Crippen molar-refractivity contribution in [3.05, 3.63) is 60.2 Å². The van der Waals surface area contributed by atoms with E-state index in [1.165, 1.54) is 10.9 Å². The number of pyridine rings is 1. The third kappa shape index (κ3) is 5.03. The van der Waals surface area contributed by atoms with Gasteiger partial charge in [0.2, 0.25) is 0 Å². The molecule has 0 bridgehead atoms. The predicted molar refractivity (Wildman–Crippen MR) is 122 cm³/mol. The topological polar surface area (TPSA) is 46.6 Å². The summed E-state index contributed by atoms with van der Waals surface area (Å²) >= 11 is 0. The molecule has 1 aliphatic heterocycles. The molecule has 3 aromatic rings. The fraction of sp³-hybridized carbons (Fsp3) is 0.400. The SMILES string of the molecule is CCCOc1cc(CN2CCC(Nc3ccc4ccccc4n3)CC2)ccc1OC. The van der Waals surface area contributed by atoms with E-state index < -0.39 is 0 Å². The number of para-hydroxylation sites is 1. The number of aromatic nitrogens is 1. The van der Waals surface area contributed by atoms with Crippen molar-refractivity contribution in [3.63, 3.8) is 0 Å². The van der Waals surface area contributed by atoms with Crippen molar-refractivity contribution in [2.75, 3.05) is 32.1 Å². The number of methoxy groups -OCH3 is 1. The molecule has 158 valence electrons. The molecule has 30 heavy (non-hydrogen) atoms. The summed E-state index contributed by atoms with van der Waals surface area (Å²) in [6.45, 7) is 5.90. The quantitative estimate of drug-likeness (QED) is 0.564.